The van der Waals surface area contributed by atoms with E-state index in [9.17, 15) is 117 Å². The first-order valence-corrected chi connectivity index (χ1v) is 32.2. The first-order valence-electron chi connectivity index (χ1n) is 31.1. The Bertz CT molecular complexity index is 2510. The number of piperidine rings is 1. The molecule has 36 atom stereocenters. The third-order valence-electron chi connectivity index (χ3n) is 19.1. The zero-order valence-electron chi connectivity index (χ0n) is 51.6. The van der Waals surface area contributed by atoms with Gasteiger partial charge >= 0.3 is 0 Å². The van der Waals surface area contributed by atoms with Crippen molar-refractivity contribution in [2.45, 2.75) is 284 Å². The SMILES string of the molecule is CC1(C)CC(N2C(=O)CC(SC[C@H]3O[C@@H]4O[C@H]5[C@H](O)[C@H](O)[C@@H](O[C@H]6[C@H](O)[C@H](O)[C@@H](O[C@H]7[C@H](O)[C@@H](O)[C@@H](O[C@H]8[C@H](O)[C@@H](O)[C@@H](O[C@H]9[C@H](O)[C@@H](O)[C@@H](O[C@H]%10[C@H](O)[C@@H](O)[C@@H](O[C@H]3[C@H](O)[C@H]4O)O[C@@H]%10CO)O[C@@H]9CO)O[C@@H]8CO)O[C@@H]7CO)O[C@@H]6CO)O[C@@H]5CO)C2=O)CC(C)(C)N1[O]. The van der Waals surface area contributed by atoms with Gasteiger partial charge in [-0.2, -0.15) is 0 Å². The van der Waals surface area contributed by atoms with Crippen LogP contribution in [0.15, 0.2) is 0 Å². The summed E-state index contributed by atoms with van der Waals surface area (Å²) in [5.74, 6) is -1.70. The zero-order chi connectivity index (χ0) is 69.3. The predicted molar refractivity (Wildman–Crippen MR) is 298 cm³/mol. The molecule has 23 aliphatic rings. The molecule has 1 unspecified atom stereocenters. The first-order chi connectivity index (χ1) is 44.8. The molecule has 14 bridgehead atoms. The van der Waals surface area contributed by atoms with Gasteiger partial charge in [0.05, 0.1) is 51.0 Å². The highest BCUT2D eigenvalue weighted by molar-refractivity contribution is 8.00. The molecular formula is C55H89N2O37S. The van der Waals surface area contributed by atoms with E-state index in [1.165, 1.54) is 0 Å². The summed E-state index contributed by atoms with van der Waals surface area (Å²) in [6, 6.07) is -0.707. The van der Waals surface area contributed by atoms with Gasteiger partial charge in [-0.25, -0.2) is 0 Å². The fraction of sp³-hybridized carbons (Fsp3) is 0.964. The van der Waals surface area contributed by atoms with E-state index < -0.39 is 295 Å². The van der Waals surface area contributed by atoms with Crippen LogP contribution in [0.1, 0.15) is 47.0 Å². The number of nitrogens with zero attached hydrogens (tertiary/aromatic N) is 2. The Balaban J connectivity index is 0.945. The number of carbonyl (C=O) groups is 2. The lowest BCUT2D eigenvalue weighted by atomic mass is 9.78. The number of hydrogen-bond acceptors (Lipinski definition) is 38. The average molecular weight is 1400 g/mol. The number of imide groups is 1. The molecule has 20 N–H and O–H groups in total. The van der Waals surface area contributed by atoms with Gasteiger partial charge in [0.25, 0.3) is 0 Å². The van der Waals surface area contributed by atoms with Crippen LogP contribution in [-0.2, 0) is 81.1 Å². The second-order valence-electron chi connectivity index (χ2n) is 26.6. The largest absolute Gasteiger partial charge is 0.394 e. The summed E-state index contributed by atoms with van der Waals surface area (Å²) in [6.07, 6.45) is -72.1. The molecule has 0 spiro atoms. The Labute approximate surface area is 545 Å². The van der Waals surface area contributed by atoms with Crippen LogP contribution in [0.5, 0.6) is 0 Å². The zero-order valence-corrected chi connectivity index (χ0v) is 52.4. The molecule has 0 aromatic rings. The minimum atomic E-state index is -2.29. The summed E-state index contributed by atoms with van der Waals surface area (Å²) in [5.41, 5.74) is -2.00. The molecule has 1 radical (unpaired) electrons. The van der Waals surface area contributed by atoms with Crippen molar-refractivity contribution >= 4 is 23.6 Å². The van der Waals surface area contributed by atoms with Crippen molar-refractivity contribution in [3.8, 4) is 0 Å². The summed E-state index contributed by atoms with van der Waals surface area (Å²) in [5, 5.41) is 239. The molecule has 23 heterocycles. The van der Waals surface area contributed by atoms with E-state index in [0.717, 1.165) is 21.7 Å². The van der Waals surface area contributed by atoms with Crippen LogP contribution in [0.25, 0.3) is 0 Å². The second kappa shape index (κ2) is 30.5. The maximum Gasteiger partial charge on any atom is 0.243 e. The molecule has 2 amide bonds. The van der Waals surface area contributed by atoms with Crippen LogP contribution in [0.3, 0.4) is 0 Å². The van der Waals surface area contributed by atoms with E-state index in [2.05, 4.69) is 0 Å². The molecule has 547 valence electrons. The third-order valence-corrected chi connectivity index (χ3v) is 20.4. The standard InChI is InChI=1S/C55H89N2O37S/c1-54(2)6-15(7-55(3,4)57(54)80)56-24(64)5-23(46(56)79)95-14-22-45-31(71)38(78)53(87-22)93-44-21(13-63)85-51(36(76)29(44)69)91-42-19(11-61)83-49(34(74)27(42)67)89-40-17(9-59)81-47(32(72)25(40)65)88-39-16(8-58)82-48(33(73)26(39)66)90-41-18(10-60)84-50(35(75)28(41)68)92-43-20(12-62)86-52(94-45)37(77)30(43)70/h15-23,25-45,47-53,58-63,65-78H,5-14H2,1-4H3/t16-,17-,18-,19-,20-,21-,22-,23?,25-,26-,27-,28-,29-,30-,31-,32-,33-,34+,35-,36+,37-,38-,39-,40-,41-,42-,43-,44-,45-,47-,48-,49-,50-,51-,52-,53-/m1/s1. The van der Waals surface area contributed by atoms with Crippen LogP contribution in [-0.4, -0.2) is 407 Å². The number of ether oxygens (including phenoxy) is 14. The van der Waals surface area contributed by atoms with Crippen molar-refractivity contribution in [3.05, 3.63) is 0 Å². The number of likely N-dealkylation sites (tertiary alicyclic amines) is 1. The molecule has 23 rings (SSSR count). The first kappa shape index (κ1) is 75.7. The van der Waals surface area contributed by atoms with Crippen molar-refractivity contribution in [2.75, 3.05) is 45.4 Å². The molecular weight excluding hydrogens is 1310 g/mol. The Kier molecular flexibility index (Phi) is 24.3. The number of rotatable bonds is 10. The fourth-order valence-electron chi connectivity index (χ4n) is 14.1. The molecule has 40 heteroatoms. The van der Waals surface area contributed by atoms with Crippen molar-refractivity contribution in [3.63, 3.8) is 0 Å². The lowest BCUT2D eigenvalue weighted by molar-refractivity contribution is -0.396. The minimum Gasteiger partial charge on any atom is -0.394 e. The van der Waals surface area contributed by atoms with E-state index in [0.29, 0.717) is 0 Å². The van der Waals surface area contributed by atoms with Crippen molar-refractivity contribution in [1.29, 1.82) is 0 Å². The van der Waals surface area contributed by atoms with E-state index in [4.69, 9.17) is 66.3 Å². The van der Waals surface area contributed by atoms with Crippen LogP contribution in [0.2, 0.25) is 0 Å². The highest BCUT2D eigenvalue weighted by Crippen LogP contribution is 2.44. The van der Waals surface area contributed by atoms with Gasteiger partial charge in [-0.15, -0.1) is 22.0 Å². The monoisotopic (exact) mass is 1400 g/mol. The van der Waals surface area contributed by atoms with Crippen LogP contribution >= 0.6 is 11.8 Å². The molecule has 23 fully saturated rings. The Morgan fingerprint density at radius 2 is 0.558 bits per heavy atom. The van der Waals surface area contributed by atoms with Gasteiger partial charge in [-0.1, -0.05) is 0 Å². The molecule has 23 aliphatic heterocycles. The van der Waals surface area contributed by atoms with Gasteiger partial charge in [-0.05, 0) is 40.5 Å². The van der Waals surface area contributed by atoms with Crippen LogP contribution in [0, 0.1) is 0 Å². The summed E-state index contributed by atoms with van der Waals surface area (Å²) in [4.78, 5) is 29.2. The number of hydrogen-bond donors (Lipinski definition) is 20. The average Bonchev–Trinajstić information content (AvgIpc) is 1.76. The lowest BCUT2D eigenvalue weighted by Crippen LogP contribution is -2.68. The van der Waals surface area contributed by atoms with Gasteiger partial charge in [-0.3, -0.25) is 14.5 Å². The van der Waals surface area contributed by atoms with E-state index >= 15 is 0 Å². The van der Waals surface area contributed by atoms with E-state index in [1.807, 2.05) is 0 Å². The number of hydroxylamine groups is 2. The smallest absolute Gasteiger partial charge is 0.243 e. The lowest BCUT2D eigenvalue weighted by Gasteiger charge is -2.51. The molecule has 0 aromatic carbocycles. The van der Waals surface area contributed by atoms with Gasteiger partial charge in [0.15, 0.2) is 44.0 Å². The quantitative estimate of drug-likeness (QED) is 0.0903. The molecule has 39 nitrogen and oxygen atoms in total. The minimum absolute atomic E-state index is 0.124. The molecule has 0 aromatic heterocycles. The van der Waals surface area contributed by atoms with Crippen molar-refractivity contribution in [1.82, 2.24) is 9.96 Å². The fourth-order valence-corrected chi connectivity index (χ4v) is 15.3. The predicted octanol–water partition coefficient (Wildman–Crippen LogP) is -13.0. The third kappa shape index (κ3) is 14.7. The highest BCUT2D eigenvalue weighted by atomic mass is 32.2. The van der Waals surface area contributed by atoms with Gasteiger partial charge in [0.2, 0.25) is 11.8 Å². The molecule has 23 saturated heterocycles. The topological polar surface area (TPSA) is 594 Å². The molecule has 0 aliphatic carbocycles. The maximum atomic E-state index is 14.3. The van der Waals surface area contributed by atoms with Gasteiger partial charge < -0.3 is 168 Å². The maximum absolute atomic E-state index is 14.3. The van der Waals surface area contributed by atoms with Crippen LogP contribution < -0.4 is 0 Å². The normalized spacial score (nSPS) is 51.4. The summed E-state index contributed by atoms with van der Waals surface area (Å²) < 4.78 is 81.8. The number of amides is 2. The highest BCUT2D eigenvalue weighted by Gasteiger charge is 2.61. The Morgan fingerprint density at radius 3 is 0.779 bits per heavy atom. The summed E-state index contributed by atoms with van der Waals surface area (Å²) in [6.45, 7) is 0.230. The van der Waals surface area contributed by atoms with Crippen molar-refractivity contribution in [2.24, 2.45) is 0 Å². The Morgan fingerprint density at radius 1 is 0.347 bits per heavy atom. The summed E-state index contributed by atoms with van der Waals surface area (Å²) >= 11 is 0.802. The number of aliphatic hydroxyl groups is 20. The van der Waals surface area contributed by atoms with Crippen LogP contribution in [0.4, 0.5) is 0 Å². The number of carbonyl (C=O) groups excluding carboxylic acids is 2. The molecule has 95 heavy (non-hydrogen) atoms. The van der Waals surface area contributed by atoms with E-state index in [1.54, 1.807) is 27.7 Å². The Hall–Kier alpha value is -1.95. The summed E-state index contributed by atoms with van der Waals surface area (Å²) in [7, 11) is 0. The second-order valence-corrected chi connectivity index (χ2v) is 27.8. The van der Waals surface area contributed by atoms with E-state index in [-0.39, 0.29) is 19.3 Å². The van der Waals surface area contributed by atoms with Gasteiger partial charge in [0, 0.05) is 29.3 Å². The number of aliphatic hydroxyl groups excluding tert-OH is 20. The number of thioether (sulfide) groups is 1. The van der Waals surface area contributed by atoms with Crippen molar-refractivity contribution < 1.29 is 183 Å². The molecule has 0 saturated carbocycles. The van der Waals surface area contributed by atoms with Gasteiger partial charge in [0.1, 0.15) is 165 Å².